The van der Waals surface area contributed by atoms with E-state index in [2.05, 4.69) is 14.9 Å². The van der Waals surface area contributed by atoms with Crippen molar-refractivity contribution in [3.05, 3.63) is 47.9 Å². The molecule has 1 aromatic carbocycles. The molecule has 0 spiro atoms. The van der Waals surface area contributed by atoms with Crippen LogP contribution in [0.4, 0.5) is 5.95 Å². The lowest BCUT2D eigenvalue weighted by molar-refractivity contribution is -0.139. The molecule has 0 atom stereocenters. The van der Waals surface area contributed by atoms with Crippen molar-refractivity contribution >= 4 is 23.3 Å². The molecule has 32 heavy (non-hydrogen) atoms. The number of benzene rings is 1. The first-order chi connectivity index (χ1) is 15.5. The van der Waals surface area contributed by atoms with Crippen LogP contribution in [-0.4, -0.2) is 78.0 Å². The first kappa shape index (κ1) is 21.6. The first-order valence-electron chi connectivity index (χ1n) is 10.6. The third kappa shape index (κ3) is 3.74. The van der Waals surface area contributed by atoms with Gasteiger partial charge in [-0.2, -0.15) is 0 Å². The lowest BCUT2D eigenvalue weighted by Crippen LogP contribution is -2.48. The molecule has 0 N–H and O–H groups in total. The Labute approximate surface area is 187 Å². The molecule has 2 aliphatic rings. The van der Waals surface area contributed by atoms with Gasteiger partial charge in [0.25, 0.3) is 11.8 Å². The Hall–Kier alpha value is -3.62. The van der Waals surface area contributed by atoms with Crippen molar-refractivity contribution in [2.45, 2.75) is 19.9 Å². The molecule has 2 aromatic rings. The van der Waals surface area contributed by atoms with Gasteiger partial charge in [0.05, 0.1) is 19.8 Å². The molecular formula is C23H27N5O4. The van der Waals surface area contributed by atoms with Gasteiger partial charge < -0.3 is 19.3 Å². The SMILES string of the molecule is COc1ccc(C2=C(N3CCN(c4ncccn4)CC3)C(=O)N(C(C)C)C2=O)cc1OC. The van der Waals surface area contributed by atoms with Crippen molar-refractivity contribution in [1.82, 2.24) is 19.8 Å². The van der Waals surface area contributed by atoms with E-state index in [1.54, 1.807) is 50.9 Å². The highest BCUT2D eigenvalue weighted by Crippen LogP contribution is 2.37. The van der Waals surface area contributed by atoms with Crippen molar-refractivity contribution in [3.8, 4) is 11.5 Å². The number of piperazine rings is 1. The summed E-state index contributed by atoms with van der Waals surface area (Å²) in [6, 6.07) is 6.82. The quantitative estimate of drug-likeness (QED) is 0.633. The maximum atomic E-state index is 13.4. The summed E-state index contributed by atoms with van der Waals surface area (Å²) in [6.45, 7) is 6.14. The van der Waals surface area contributed by atoms with Gasteiger partial charge in [-0.3, -0.25) is 14.5 Å². The molecule has 1 fully saturated rings. The minimum Gasteiger partial charge on any atom is -0.493 e. The molecule has 9 nitrogen and oxygen atoms in total. The lowest BCUT2D eigenvalue weighted by Gasteiger charge is -2.36. The minimum atomic E-state index is -0.291. The summed E-state index contributed by atoms with van der Waals surface area (Å²) in [7, 11) is 3.10. The summed E-state index contributed by atoms with van der Waals surface area (Å²) in [4.78, 5) is 40.8. The Morgan fingerprint density at radius 1 is 0.875 bits per heavy atom. The summed E-state index contributed by atoms with van der Waals surface area (Å²) in [5.74, 6) is 1.18. The fraction of sp³-hybridized carbons (Fsp3) is 0.391. The molecule has 9 heteroatoms. The van der Waals surface area contributed by atoms with Gasteiger partial charge in [0.2, 0.25) is 5.95 Å². The van der Waals surface area contributed by atoms with Crippen molar-refractivity contribution in [1.29, 1.82) is 0 Å². The zero-order valence-electron chi connectivity index (χ0n) is 18.7. The van der Waals surface area contributed by atoms with Crippen LogP contribution in [-0.2, 0) is 9.59 Å². The monoisotopic (exact) mass is 437 g/mol. The molecule has 0 aliphatic carbocycles. The Bertz CT molecular complexity index is 1050. The Kier molecular flexibility index (Phi) is 5.98. The largest absolute Gasteiger partial charge is 0.493 e. The third-order valence-electron chi connectivity index (χ3n) is 5.71. The number of imide groups is 1. The molecule has 0 saturated carbocycles. The lowest BCUT2D eigenvalue weighted by atomic mass is 10.0. The van der Waals surface area contributed by atoms with Crippen LogP contribution in [0, 0.1) is 0 Å². The van der Waals surface area contributed by atoms with Crippen LogP contribution in [0.3, 0.4) is 0 Å². The van der Waals surface area contributed by atoms with E-state index in [1.807, 2.05) is 18.7 Å². The number of hydrogen-bond acceptors (Lipinski definition) is 8. The zero-order chi connectivity index (χ0) is 22.8. The second kappa shape index (κ2) is 8.86. The normalized spacial score (nSPS) is 17.0. The fourth-order valence-corrected chi connectivity index (χ4v) is 4.13. The number of methoxy groups -OCH3 is 2. The standard InChI is InChI=1S/C23H27N5O4/c1-15(2)28-21(29)19(16-6-7-17(31-3)18(14-16)32-4)20(22(28)30)26-10-12-27(13-11-26)23-24-8-5-9-25-23/h5-9,14-15H,10-13H2,1-4H3. The second-order valence-electron chi connectivity index (χ2n) is 7.89. The average molecular weight is 438 g/mol. The molecule has 0 bridgehead atoms. The second-order valence-corrected chi connectivity index (χ2v) is 7.89. The van der Waals surface area contributed by atoms with Crippen LogP contribution in [0.1, 0.15) is 19.4 Å². The minimum absolute atomic E-state index is 0.248. The molecule has 2 amide bonds. The number of hydrogen-bond donors (Lipinski definition) is 0. The van der Waals surface area contributed by atoms with Crippen LogP contribution in [0.5, 0.6) is 11.5 Å². The van der Waals surface area contributed by atoms with E-state index in [1.165, 1.54) is 4.90 Å². The molecule has 0 radical (unpaired) electrons. The molecule has 1 aromatic heterocycles. The topological polar surface area (TPSA) is 88.1 Å². The van der Waals surface area contributed by atoms with Gasteiger partial charge in [0, 0.05) is 44.6 Å². The van der Waals surface area contributed by atoms with Gasteiger partial charge in [0.1, 0.15) is 5.70 Å². The fourth-order valence-electron chi connectivity index (χ4n) is 4.13. The van der Waals surface area contributed by atoms with E-state index < -0.39 is 0 Å². The van der Waals surface area contributed by atoms with Gasteiger partial charge in [-0.1, -0.05) is 6.07 Å². The number of ether oxygens (including phenoxy) is 2. The van der Waals surface area contributed by atoms with Crippen molar-refractivity contribution < 1.29 is 19.1 Å². The van der Waals surface area contributed by atoms with Crippen LogP contribution >= 0.6 is 0 Å². The zero-order valence-corrected chi connectivity index (χ0v) is 18.7. The summed E-state index contributed by atoms with van der Waals surface area (Å²) in [6.07, 6.45) is 3.43. The molecule has 168 valence electrons. The van der Waals surface area contributed by atoms with Crippen molar-refractivity contribution in [2.24, 2.45) is 0 Å². The van der Waals surface area contributed by atoms with Crippen LogP contribution in [0.2, 0.25) is 0 Å². The smallest absolute Gasteiger partial charge is 0.278 e. The van der Waals surface area contributed by atoms with Gasteiger partial charge in [0.15, 0.2) is 11.5 Å². The number of anilines is 1. The van der Waals surface area contributed by atoms with Crippen molar-refractivity contribution in [2.75, 3.05) is 45.3 Å². The highest BCUT2D eigenvalue weighted by molar-refractivity contribution is 6.35. The number of carbonyl (C=O) groups excluding carboxylic acids is 2. The van der Waals surface area contributed by atoms with Gasteiger partial charge >= 0.3 is 0 Å². The van der Waals surface area contributed by atoms with Crippen molar-refractivity contribution in [3.63, 3.8) is 0 Å². The van der Waals surface area contributed by atoms with E-state index in [4.69, 9.17) is 9.47 Å². The van der Waals surface area contributed by atoms with Gasteiger partial charge in [-0.25, -0.2) is 9.97 Å². The maximum absolute atomic E-state index is 13.4. The predicted octanol–water partition coefficient (Wildman–Crippen LogP) is 1.80. The summed E-state index contributed by atoms with van der Waals surface area (Å²) < 4.78 is 10.8. The molecule has 0 unspecified atom stereocenters. The van der Waals surface area contributed by atoms with E-state index >= 15 is 0 Å². The van der Waals surface area contributed by atoms with E-state index in [0.29, 0.717) is 60.5 Å². The summed E-state index contributed by atoms with van der Waals surface area (Å²) in [5, 5.41) is 0. The van der Waals surface area contributed by atoms with E-state index in [9.17, 15) is 9.59 Å². The predicted molar refractivity (Wildman–Crippen MR) is 119 cm³/mol. The highest BCUT2D eigenvalue weighted by Gasteiger charge is 2.43. The molecule has 1 saturated heterocycles. The Morgan fingerprint density at radius 2 is 1.50 bits per heavy atom. The van der Waals surface area contributed by atoms with Crippen LogP contribution in [0.15, 0.2) is 42.4 Å². The Morgan fingerprint density at radius 3 is 2.09 bits per heavy atom. The van der Waals surface area contributed by atoms with Crippen LogP contribution in [0.25, 0.3) is 5.57 Å². The number of rotatable bonds is 6. The Balaban J connectivity index is 1.70. The number of aromatic nitrogens is 2. The molecule has 2 aliphatic heterocycles. The number of nitrogens with zero attached hydrogens (tertiary/aromatic N) is 5. The number of carbonyl (C=O) groups is 2. The molecule has 4 rings (SSSR count). The molecular weight excluding hydrogens is 410 g/mol. The molecule has 3 heterocycles. The van der Waals surface area contributed by atoms with Gasteiger partial charge in [-0.05, 0) is 37.6 Å². The summed E-state index contributed by atoms with van der Waals surface area (Å²) in [5.41, 5.74) is 1.46. The average Bonchev–Trinajstić information content (AvgIpc) is 3.09. The first-order valence-corrected chi connectivity index (χ1v) is 10.6. The highest BCUT2D eigenvalue weighted by atomic mass is 16.5. The third-order valence-corrected chi connectivity index (χ3v) is 5.71. The van der Waals surface area contributed by atoms with Crippen LogP contribution < -0.4 is 14.4 Å². The maximum Gasteiger partial charge on any atom is 0.278 e. The van der Waals surface area contributed by atoms with Gasteiger partial charge in [-0.15, -0.1) is 0 Å². The van der Waals surface area contributed by atoms with E-state index in [0.717, 1.165) is 0 Å². The summed E-state index contributed by atoms with van der Waals surface area (Å²) >= 11 is 0. The van der Waals surface area contributed by atoms with E-state index in [-0.39, 0.29) is 17.9 Å². The number of amides is 2.